The van der Waals surface area contributed by atoms with E-state index >= 15 is 0 Å². The van der Waals surface area contributed by atoms with E-state index in [1.165, 1.54) is 0 Å². The molecule has 1 aliphatic carbocycles. The Balaban J connectivity index is 1.96. The highest BCUT2D eigenvalue weighted by molar-refractivity contribution is 5.68. The van der Waals surface area contributed by atoms with Gasteiger partial charge in [0.25, 0.3) is 0 Å². The Bertz CT molecular complexity index is 441. The number of fused-ring (bicyclic) bond motifs is 1. The van der Waals surface area contributed by atoms with Gasteiger partial charge in [-0.25, -0.2) is 9.59 Å². The first-order chi connectivity index (χ1) is 9.76. The number of carboxylic acid groups (broad SMARTS) is 1. The van der Waals surface area contributed by atoms with Crippen molar-refractivity contribution in [3.8, 4) is 0 Å². The van der Waals surface area contributed by atoms with Crippen LogP contribution in [0.15, 0.2) is 12.2 Å². The van der Waals surface area contributed by atoms with Gasteiger partial charge in [0.05, 0.1) is 0 Å². The fourth-order valence-corrected chi connectivity index (χ4v) is 3.09. The number of ether oxygens (including phenoxy) is 1. The molecule has 2 N–H and O–H groups in total. The van der Waals surface area contributed by atoms with Crippen molar-refractivity contribution in [1.82, 2.24) is 10.2 Å². The van der Waals surface area contributed by atoms with Gasteiger partial charge >= 0.3 is 12.2 Å². The van der Waals surface area contributed by atoms with E-state index in [0.29, 0.717) is 31.5 Å². The minimum absolute atomic E-state index is 0.239. The number of allylic oxidation sites excluding steroid dienone is 1. The molecular formula is C15H24N2O4. The van der Waals surface area contributed by atoms with Gasteiger partial charge in [0, 0.05) is 19.6 Å². The summed E-state index contributed by atoms with van der Waals surface area (Å²) in [6, 6.07) is 0. The average molecular weight is 296 g/mol. The van der Waals surface area contributed by atoms with Gasteiger partial charge in [-0.15, -0.1) is 0 Å². The van der Waals surface area contributed by atoms with Crippen molar-refractivity contribution in [1.29, 1.82) is 0 Å². The normalized spacial score (nSPS) is 28.1. The molecule has 2 amide bonds. The molecule has 1 saturated heterocycles. The predicted molar refractivity (Wildman–Crippen MR) is 78.1 cm³/mol. The molecule has 1 fully saturated rings. The first kappa shape index (κ1) is 15.7. The SMILES string of the molecule is CC(C)(C)OC(=O)N1C[C@H]2[C@@H](CNC(=O)O)CC=C[C@H]2C1. The largest absolute Gasteiger partial charge is 0.465 e. The van der Waals surface area contributed by atoms with E-state index in [1.54, 1.807) is 4.90 Å². The molecule has 0 spiro atoms. The van der Waals surface area contributed by atoms with Crippen molar-refractivity contribution in [2.24, 2.45) is 17.8 Å². The second kappa shape index (κ2) is 5.95. The topological polar surface area (TPSA) is 78.9 Å². The van der Waals surface area contributed by atoms with E-state index in [4.69, 9.17) is 9.84 Å². The minimum Gasteiger partial charge on any atom is -0.465 e. The maximum absolute atomic E-state index is 12.1. The Morgan fingerprint density at radius 2 is 2.10 bits per heavy atom. The molecule has 1 aliphatic heterocycles. The fourth-order valence-electron chi connectivity index (χ4n) is 3.09. The minimum atomic E-state index is -0.997. The van der Waals surface area contributed by atoms with Crippen molar-refractivity contribution in [3.63, 3.8) is 0 Å². The number of carbonyl (C=O) groups is 2. The second-order valence-electron chi connectivity index (χ2n) is 6.82. The summed E-state index contributed by atoms with van der Waals surface area (Å²) >= 11 is 0. The van der Waals surface area contributed by atoms with Crippen LogP contribution in [0.4, 0.5) is 9.59 Å². The molecule has 2 aliphatic rings. The molecule has 0 aromatic rings. The Morgan fingerprint density at radius 1 is 1.38 bits per heavy atom. The lowest BCUT2D eigenvalue weighted by molar-refractivity contribution is 0.0282. The van der Waals surface area contributed by atoms with Gasteiger partial charge in [-0.2, -0.15) is 0 Å². The molecule has 2 rings (SSSR count). The number of amides is 2. The number of carbonyl (C=O) groups excluding carboxylic acids is 1. The molecule has 0 unspecified atom stereocenters. The molecular weight excluding hydrogens is 272 g/mol. The van der Waals surface area contributed by atoms with Crippen LogP contribution in [-0.2, 0) is 4.74 Å². The molecule has 6 heteroatoms. The lowest BCUT2D eigenvalue weighted by atomic mass is 9.78. The van der Waals surface area contributed by atoms with Crippen LogP contribution in [0.25, 0.3) is 0 Å². The van der Waals surface area contributed by atoms with Crippen LogP contribution >= 0.6 is 0 Å². The number of likely N-dealkylation sites (tertiary alicyclic amines) is 1. The van der Waals surface area contributed by atoms with E-state index < -0.39 is 11.7 Å². The van der Waals surface area contributed by atoms with E-state index in [-0.39, 0.29) is 12.0 Å². The maximum atomic E-state index is 12.1. The lowest BCUT2D eigenvalue weighted by Gasteiger charge is -2.28. The molecule has 0 aromatic heterocycles. The summed E-state index contributed by atoms with van der Waals surface area (Å²) in [6.45, 7) is 7.28. The van der Waals surface area contributed by atoms with E-state index in [2.05, 4.69) is 17.5 Å². The van der Waals surface area contributed by atoms with Crippen LogP contribution in [0.1, 0.15) is 27.2 Å². The van der Waals surface area contributed by atoms with Crippen LogP contribution in [0, 0.1) is 17.8 Å². The van der Waals surface area contributed by atoms with Gasteiger partial charge in [-0.1, -0.05) is 12.2 Å². The smallest absolute Gasteiger partial charge is 0.410 e. The molecule has 118 valence electrons. The molecule has 1 heterocycles. The highest BCUT2D eigenvalue weighted by Crippen LogP contribution is 2.36. The lowest BCUT2D eigenvalue weighted by Crippen LogP contribution is -2.37. The summed E-state index contributed by atoms with van der Waals surface area (Å²) in [6.07, 6.45) is 3.81. The summed E-state index contributed by atoms with van der Waals surface area (Å²) < 4.78 is 5.41. The van der Waals surface area contributed by atoms with Crippen molar-refractivity contribution >= 4 is 12.2 Å². The molecule has 0 radical (unpaired) electrons. The molecule has 0 bridgehead atoms. The van der Waals surface area contributed by atoms with Crippen molar-refractivity contribution in [3.05, 3.63) is 12.2 Å². The van der Waals surface area contributed by atoms with Crippen LogP contribution < -0.4 is 5.32 Å². The van der Waals surface area contributed by atoms with Gasteiger partial charge in [0.2, 0.25) is 0 Å². The standard InChI is InChI=1S/C15H24N2O4/c1-15(2,3)21-14(20)17-8-11-6-4-5-10(12(11)9-17)7-16-13(18)19/h4,6,10-12,16H,5,7-9H2,1-3H3,(H,18,19)/t10-,11+,12+/m1/s1. The van der Waals surface area contributed by atoms with Crippen LogP contribution in [0.2, 0.25) is 0 Å². The average Bonchev–Trinajstić information content (AvgIpc) is 2.78. The molecule has 3 atom stereocenters. The van der Waals surface area contributed by atoms with Gasteiger partial charge in [-0.3, -0.25) is 0 Å². The predicted octanol–water partition coefficient (Wildman–Crippen LogP) is 2.31. The first-order valence-corrected chi connectivity index (χ1v) is 7.37. The summed E-state index contributed by atoms with van der Waals surface area (Å²) in [7, 11) is 0. The van der Waals surface area contributed by atoms with E-state index in [0.717, 1.165) is 6.42 Å². The highest BCUT2D eigenvalue weighted by atomic mass is 16.6. The highest BCUT2D eigenvalue weighted by Gasteiger charge is 2.41. The quantitative estimate of drug-likeness (QED) is 0.766. The Hall–Kier alpha value is -1.72. The second-order valence-corrected chi connectivity index (χ2v) is 6.82. The Labute approximate surface area is 125 Å². The number of nitrogens with one attached hydrogen (secondary N) is 1. The number of hydrogen-bond acceptors (Lipinski definition) is 3. The van der Waals surface area contributed by atoms with Crippen molar-refractivity contribution < 1.29 is 19.4 Å². The monoisotopic (exact) mass is 296 g/mol. The third-order valence-corrected chi connectivity index (χ3v) is 4.01. The molecule has 21 heavy (non-hydrogen) atoms. The van der Waals surface area contributed by atoms with Crippen LogP contribution in [-0.4, -0.2) is 47.4 Å². The summed E-state index contributed by atoms with van der Waals surface area (Å²) in [5.41, 5.74) is -0.495. The zero-order valence-corrected chi connectivity index (χ0v) is 12.8. The Morgan fingerprint density at radius 3 is 2.71 bits per heavy atom. The molecule has 0 saturated carbocycles. The van der Waals surface area contributed by atoms with E-state index in [9.17, 15) is 9.59 Å². The van der Waals surface area contributed by atoms with E-state index in [1.807, 2.05) is 20.8 Å². The van der Waals surface area contributed by atoms with Gasteiger partial charge in [0.1, 0.15) is 5.60 Å². The zero-order chi connectivity index (χ0) is 15.6. The summed E-state index contributed by atoms with van der Waals surface area (Å²) in [4.78, 5) is 24.5. The van der Waals surface area contributed by atoms with Crippen LogP contribution in [0.3, 0.4) is 0 Å². The van der Waals surface area contributed by atoms with Gasteiger partial charge in [0.15, 0.2) is 0 Å². The first-order valence-electron chi connectivity index (χ1n) is 7.37. The van der Waals surface area contributed by atoms with Crippen LogP contribution in [0.5, 0.6) is 0 Å². The zero-order valence-electron chi connectivity index (χ0n) is 12.8. The van der Waals surface area contributed by atoms with Gasteiger partial charge < -0.3 is 20.1 Å². The van der Waals surface area contributed by atoms with Crippen molar-refractivity contribution in [2.75, 3.05) is 19.6 Å². The third-order valence-electron chi connectivity index (χ3n) is 4.01. The maximum Gasteiger partial charge on any atom is 0.410 e. The fraction of sp³-hybridized carbons (Fsp3) is 0.733. The number of nitrogens with zero attached hydrogens (tertiary/aromatic N) is 1. The molecule has 6 nitrogen and oxygen atoms in total. The summed E-state index contributed by atoms with van der Waals surface area (Å²) in [5.74, 6) is 0.838. The third kappa shape index (κ3) is 4.12. The number of rotatable bonds is 2. The summed E-state index contributed by atoms with van der Waals surface area (Å²) in [5, 5.41) is 11.2. The van der Waals surface area contributed by atoms with Crippen molar-refractivity contribution in [2.45, 2.75) is 32.8 Å². The number of hydrogen-bond donors (Lipinski definition) is 2. The van der Waals surface area contributed by atoms with Gasteiger partial charge in [-0.05, 0) is 44.9 Å². The molecule has 0 aromatic carbocycles. The Kier molecular flexibility index (Phi) is 4.44.